The number of nitrogen functional groups attached to an aromatic ring is 1. The molecule has 3 N–H and O–H groups in total. The molecule has 0 fully saturated rings. The van der Waals surface area contributed by atoms with Crippen molar-refractivity contribution in [2.75, 3.05) is 37.7 Å². The number of rotatable bonds is 9. The summed E-state index contributed by atoms with van der Waals surface area (Å²) in [5.41, 5.74) is 7.63. The molecule has 2 aromatic rings. The molecule has 2 aromatic heterocycles. The lowest BCUT2D eigenvalue weighted by Gasteiger charge is -2.20. The monoisotopic (exact) mass is 421 g/mol. The van der Waals surface area contributed by atoms with Gasteiger partial charge < -0.3 is 16.0 Å². The average Bonchev–Trinajstić information content (AvgIpc) is 3.07. The van der Waals surface area contributed by atoms with E-state index in [1.54, 1.807) is 11.3 Å². The summed E-state index contributed by atoms with van der Waals surface area (Å²) in [6.07, 6.45) is 4.64. The van der Waals surface area contributed by atoms with Crippen molar-refractivity contribution < 1.29 is 4.79 Å². The predicted molar refractivity (Wildman–Crippen MR) is 119 cm³/mol. The molecule has 0 aliphatic heterocycles. The van der Waals surface area contributed by atoms with E-state index in [0.29, 0.717) is 23.3 Å². The first-order chi connectivity index (χ1) is 13.5. The summed E-state index contributed by atoms with van der Waals surface area (Å²) < 4.78 is 0. The maximum Gasteiger partial charge on any atom is 0.230 e. The highest BCUT2D eigenvalue weighted by Gasteiger charge is 2.24. The van der Waals surface area contributed by atoms with Gasteiger partial charge in [-0.3, -0.25) is 4.79 Å². The summed E-state index contributed by atoms with van der Waals surface area (Å²) in [7, 11) is 0. The minimum Gasteiger partial charge on any atom is -0.383 e. The fraction of sp³-hybridized carbons (Fsp3) is 0.650. The number of hydrogen-bond acceptors (Lipinski definition) is 7. The normalized spacial score (nSPS) is 16.5. The van der Waals surface area contributed by atoms with E-state index in [4.69, 9.17) is 10.7 Å². The Morgan fingerprint density at radius 1 is 1.32 bits per heavy atom. The first kappa shape index (κ1) is 21.3. The molecule has 2 heterocycles. The summed E-state index contributed by atoms with van der Waals surface area (Å²) in [6, 6.07) is 0. The SMILES string of the molecule is CCC1CCc2c(sc3nc(SCC(=O)NCCN(CC)CC)nc(N)c23)C1. The van der Waals surface area contributed by atoms with Gasteiger partial charge in [0.05, 0.1) is 11.1 Å². The number of hydrogen-bond donors (Lipinski definition) is 2. The second-order valence-electron chi connectivity index (χ2n) is 7.26. The van der Waals surface area contributed by atoms with Gasteiger partial charge in [-0.05, 0) is 43.8 Å². The Morgan fingerprint density at radius 2 is 2.11 bits per heavy atom. The number of carbonyl (C=O) groups is 1. The number of carbonyl (C=O) groups excluding carboxylic acids is 1. The highest BCUT2D eigenvalue weighted by atomic mass is 32.2. The van der Waals surface area contributed by atoms with Crippen LogP contribution >= 0.6 is 23.1 Å². The number of fused-ring (bicyclic) bond motifs is 3. The highest BCUT2D eigenvalue weighted by Crippen LogP contribution is 2.40. The third kappa shape index (κ3) is 4.96. The highest BCUT2D eigenvalue weighted by molar-refractivity contribution is 7.99. The minimum atomic E-state index is 0.00989. The predicted octanol–water partition coefficient (Wildman–Crippen LogP) is 3.34. The third-order valence-electron chi connectivity index (χ3n) is 5.57. The van der Waals surface area contributed by atoms with Crippen LogP contribution in [0.5, 0.6) is 0 Å². The van der Waals surface area contributed by atoms with Crippen LogP contribution in [0.3, 0.4) is 0 Å². The molecule has 0 bridgehead atoms. The van der Waals surface area contributed by atoms with E-state index < -0.39 is 0 Å². The van der Waals surface area contributed by atoms with Crippen molar-refractivity contribution in [3.63, 3.8) is 0 Å². The standard InChI is InChI=1S/C20H31N5OS2/c1-4-13-7-8-14-15(11-13)28-19-17(14)18(21)23-20(24-19)27-12-16(26)22-9-10-25(5-2)6-3/h13H,4-12H2,1-3H3,(H,22,26)(H2,21,23,24). The van der Waals surface area contributed by atoms with Gasteiger partial charge in [-0.1, -0.05) is 39.0 Å². The Kier molecular flexibility index (Phi) is 7.54. The van der Waals surface area contributed by atoms with Crippen LogP contribution < -0.4 is 11.1 Å². The van der Waals surface area contributed by atoms with Crippen molar-refractivity contribution in [2.24, 2.45) is 5.92 Å². The molecule has 1 unspecified atom stereocenters. The van der Waals surface area contributed by atoms with Crippen LogP contribution in [0.4, 0.5) is 5.82 Å². The summed E-state index contributed by atoms with van der Waals surface area (Å²) in [6.45, 7) is 10.1. The van der Waals surface area contributed by atoms with Gasteiger partial charge in [0, 0.05) is 18.0 Å². The van der Waals surface area contributed by atoms with E-state index in [-0.39, 0.29) is 5.91 Å². The molecule has 8 heteroatoms. The molecule has 6 nitrogen and oxygen atoms in total. The van der Waals surface area contributed by atoms with Gasteiger partial charge in [0.1, 0.15) is 10.6 Å². The second kappa shape index (κ2) is 9.89. The number of thiophene rings is 1. The van der Waals surface area contributed by atoms with Crippen molar-refractivity contribution in [3.05, 3.63) is 10.4 Å². The summed E-state index contributed by atoms with van der Waals surface area (Å²) >= 11 is 3.11. The number of nitrogens with zero attached hydrogens (tertiary/aromatic N) is 3. The fourth-order valence-electron chi connectivity index (χ4n) is 3.74. The Bertz CT molecular complexity index is 819. The number of nitrogens with two attached hydrogens (primary N) is 1. The molecule has 1 aliphatic rings. The van der Waals surface area contributed by atoms with E-state index >= 15 is 0 Å². The molecule has 154 valence electrons. The molecular formula is C20H31N5OS2. The number of aryl methyl sites for hydroxylation is 1. The summed E-state index contributed by atoms with van der Waals surface area (Å²) in [5.74, 6) is 1.65. The maximum absolute atomic E-state index is 12.1. The summed E-state index contributed by atoms with van der Waals surface area (Å²) in [5, 5.41) is 4.61. The zero-order valence-corrected chi connectivity index (χ0v) is 18.7. The molecule has 0 spiro atoms. The second-order valence-corrected chi connectivity index (χ2v) is 9.28. The van der Waals surface area contributed by atoms with Gasteiger partial charge in [-0.15, -0.1) is 11.3 Å². The molecule has 1 amide bonds. The topological polar surface area (TPSA) is 84.1 Å². The van der Waals surface area contributed by atoms with Crippen LogP contribution in [-0.2, 0) is 17.6 Å². The molecule has 0 saturated heterocycles. The first-order valence-corrected chi connectivity index (χ1v) is 12.0. The van der Waals surface area contributed by atoms with Crippen molar-refractivity contribution in [3.8, 4) is 0 Å². The Morgan fingerprint density at radius 3 is 2.82 bits per heavy atom. The maximum atomic E-state index is 12.1. The zero-order valence-electron chi connectivity index (χ0n) is 17.1. The van der Waals surface area contributed by atoms with Crippen LogP contribution in [-0.4, -0.2) is 52.7 Å². The van der Waals surface area contributed by atoms with Crippen LogP contribution in [0.15, 0.2) is 5.16 Å². The molecule has 28 heavy (non-hydrogen) atoms. The largest absolute Gasteiger partial charge is 0.383 e. The molecule has 1 atom stereocenters. The smallest absolute Gasteiger partial charge is 0.230 e. The van der Waals surface area contributed by atoms with Crippen LogP contribution in [0.2, 0.25) is 0 Å². The van der Waals surface area contributed by atoms with Crippen molar-refractivity contribution in [2.45, 2.75) is 51.6 Å². The Labute approximate surface area is 175 Å². The Balaban J connectivity index is 1.61. The van der Waals surface area contributed by atoms with E-state index in [1.165, 1.54) is 35.0 Å². The van der Waals surface area contributed by atoms with Crippen molar-refractivity contribution in [1.29, 1.82) is 0 Å². The molecule has 0 aromatic carbocycles. The van der Waals surface area contributed by atoms with Gasteiger partial charge in [-0.25, -0.2) is 9.97 Å². The van der Waals surface area contributed by atoms with E-state index in [9.17, 15) is 4.79 Å². The Hall–Kier alpha value is -1.38. The number of anilines is 1. The number of aromatic nitrogens is 2. The zero-order chi connectivity index (χ0) is 20.1. The van der Waals surface area contributed by atoms with E-state index in [1.807, 2.05) is 0 Å². The lowest BCUT2D eigenvalue weighted by Crippen LogP contribution is -2.35. The minimum absolute atomic E-state index is 0.00989. The first-order valence-electron chi connectivity index (χ1n) is 10.2. The average molecular weight is 422 g/mol. The molecular weight excluding hydrogens is 390 g/mol. The number of likely N-dealkylation sites (N-methyl/N-ethyl adjacent to an activating group) is 1. The fourth-order valence-corrected chi connectivity index (χ4v) is 5.82. The van der Waals surface area contributed by atoms with E-state index in [2.05, 4.69) is 36.0 Å². The van der Waals surface area contributed by atoms with Gasteiger partial charge >= 0.3 is 0 Å². The number of thioether (sulfide) groups is 1. The third-order valence-corrected chi connectivity index (χ3v) is 7.57. The molecule has 0 radical (unpaired) electrons. The van der Waals surface area contributed by atoms with Crippen molar-refractivity contribution >= 4 is 45.0 Å². The van der Waals surface area contributed by atoms with Crippen molar-refractivity contribution in [1.82, 2.24) is 20.2 Å². The van der Waals surface area contributed by atoms with E-state index in [0.717, 1.165) is 48.6 Å². The van der Waals surface area contributed by atoms with Crippen LogP contribution in [0, 0.1) is 5.92 Å². The molecule has 0 saturated carbocycles. The van der Waals surface area contributed by atoms with Gasteiger partial charge in [-0.2, -0.15) is 0 Å². The lowest BCUT2D eigenvalue weighted by atomic mass is 9.86. The van der Waals surface area contributed by atoms with Crippen LogP contribution in [0.1, 0.15) is 44.1 Å². The quantitative estimate of drug-likeness (QED) is 0.477. The van der Waals surface area contributed by atoms with Gasteiger partial charge in [0.15, 0.2) is 5.16 Å². The lowest BCUT2D eigenvalue weighted by molar-refractivity contribution is -0.118. The van der Waals surface area contributed by atoms with Gasteiger partial charge in [0.2, 0.25) is 5.91 Å². The summed E-state index contributed by atoms with van der Waals surface area (Å²) in [4.78, 5) is 26.0. The molecule has 3 rings (SSSR count). The number of amides is 1. The van der Waals surface area contributed by atoms with Crippen LogP contribution in [0.25, 0.3) is 10.2 Å². The number of nitrogens with one attached hydrogen (secondary N) is 1. The molecule has 1 aliphatic carbocycles. The van der Waals surface area contributed by atoms with Gasteiger partial charge in [0.25, 0.3) is 0 Å².